The van der Waals surface area contributed by atoms with Crippen LogP contribution in [-0.2, 0) is 6.42 Å². The van der Waals surface area contributed by atoms with Crippen LogP contribution >= 0.6 is 27.9 Å². The Balaban J connectivity index is 1.13. The van der Waals surface area contributed by atoms with Crippen molar-refractivity contribution in [1.82, 2.24) is 29.7 Å². The monoisotopic (exact) mass is 746 g/mol. The van der Waals surface area contributed by atoms with Crippen molar-refractivity contribution in [3.8, 4) is 5.75 Å². The van der Waals surface area contributed by atoms with E-state index in [1.807, 2.05) is 12.1 Å². The lowest BCUT2D eigenvalue weighted by Crippen LogP contribution is -2.52. The Morgan fingerprint density at radius 1 is 0.959 bits per heavy atom. The van der Waals surface area contributed by atoms with Gasteiger partial charge in [-0.2, -0.15) is 4.98 Å². The van der Waals surface area contributed by atoms with E-state index in [-0.39, 0.29) is 0 Å². The Morgan fingerprint density at radius 2 is 1.73 bits per heavy atom. The van der Waals surface area contributed by atoms with E-state index in [1.54, 1.807) is 37.6 Å². The van der Waals surface area contributed by atoms with E-state index in [0.29, 0.717) is 17.8 Å². The van der Waals surface area contributed by atoms with Gasteiger partial charge in [0.05, 0.1) is 34.2 Å². The first-order valence-electron chi connectivity index (χ1n) is 17.5. The molecule has 2 aromatic carbocycles. The fourth-order valence-electron chi connectivity index (χ4n) is 7.09. The molecule has 3 aliphatic rings. The van der Waals surface area contributed by atoms with Crippen LogP contribution in [0.3, 0.4) is 0 Å². The molecule has 3 fully saturated rings. The number of rotatable bonds is 12. The number of aromatic nitrogens is 4. The van der Waals surface area contributed by atoms with Gasteiger partial charge in [0.15, 0.2) is 0 Å². The van der Waals surface area contributed by atoms with Crippen molar-refractivity contribution in [1.29, 1.82) is 0 Å². The molecule has 1 aliphatic carbocycles. The summed E-state index contributed by atoms with van der Waals surface area (Å²) in [6.45, 7) is 9.00. The molecule has 0 amide bonds. The fraction of sp³-hybridized carbons (Fsp3) is 0.500. The number of ether oxygens (including phenoxy) is 1. The predicted octanol–water partition coefficient (Wildman–Crippen LogP) is 6.95. The van der Waals surface area contributed by atoms with Crippen LogP contribution in [0.2, 0.25) is 0 Å². The first-order chi connectivity index (χ1) is 23.9. The van der Waals surface area contributed by atoms with Gasteiger partial charge in [-0.3, -0.25) is 14.9 Å². The summed E-state index contributed by atoms with van der Waals surface area (Å²) in [7, 11) is 6.03. The smallest absolute Gasteiger partial charge is 0.229 e. The van der Waals surface area contributed by atoms with Crippen LogP contribution < -0.4 is 24.6 Å². The number of hydrogen-bond acceptors (Lipinski definition) is 12. The van der Waals surface area contributed by atoms with Crippen LogP contribution in [0.15, 0.2) is 47.3 Å². The Bertz CT molecular complexity index is 1760. The van der Waals surface area contributed by atoms with Crippen molar-refractivity contribution < 1.29 is 4.74 Å². The van der Waals surface area contributed by atoms with Crippen LogP contribution in [-0.4, -0.2) is 102 Å². The number of nitrogens with zero attached hydrogens (tertiary/aromatic N) is 8. The van der Waals surface area contributed by atoms with E-state index in [1.165, 1.54) is 63.1 Å². The van der Waals surface area contributed by atoms with Gasteiger partial charge in [0.25, 0.3) is 0 Å². The van der Waals surface area contributed by atoms with Gasteiger partial charge in [0.2, 0.25) is 5.95 Å². The van der Waals surface area contributed by atoms with E-state index in [0.717, 1.165) is 69.5 Å². The number of fused-ring (bicyclic) bond motifs is 1. The summed E-state index contributed by atoms with van der Waals surface area (Å²) < 4.78 is 8.89. The molecule has 4 aromatic rings. The molecular formula is C36H47BrN10OS. The second-order valence-corrected chi connectivity index (χ2v) is 15.6. The zero-order valence-corrected chi connectivity index (χ0v) is 31.4. The Hall–Kier alpha value is -3.39. The van der Waals surface area contributed by atoms with E-state index in [2.05, 4.69) is 93.7 Å². The van der Waals surface area contributed by atoms with Crippen molar-refractivity contribution in [3.63, 3.8) is 0 Å². The van der Waals surface area contributed by atoms with Crippen molar-refractivity contribution in [3.05, 3.63) is 52.9 Å². The maximum atomic E-state index is 6.00. The summed E-state index contributed by atoms with van der Waals surface area (Å²) in [5, 5.41) is 7.06. The molecule has 260 valence electrons. The second kappa shape index (κ2) is 15.2. The molecule has 2 N–H and O–H groups in total. The highest BCUT2D eigenvalue weighted by molar-refractivity contribution is 9.10. The SMILES string of the molecule is CCSN(C)c1c(Nc2nc(Nc3cc(CC4CC4)c(N4CCC(N5CCN(C)CC5)CC4)cc3OC)ncc2Br)ccc2nccnc12. The second-order valence-electron chi connectivity index (χ2n) is 13.3. The van der Waals surface area contributed by atoms with Crippen LogP contribution in [0.5, 0.6) is 5.75 Å². The van der Waals surface area contributed by atoms with Crippen LogP contribution in [0, 0.1) is 5.92 Å². The highest BCUT2D eigenvalue weighted by Gasteiger charge is 2.30. The van der Waals surface area contributed by atoms with Gasteiger partial charge in [0.1, 0.15) is 17.1 Å². The number of methoxy groups -OCH3 is 1. The molecule has 2 aromatic heterocycles. The highest BCUT2D eigenvalue weighted by Crippen LogP contribution is 2.42. The lowest BCUT2D eigenvalue weighted by molar-refractivity contribution is 0.0982. The molecule has 0 unspecified atom stereocenters. The molecule has 1 saturated carbocycles. The zero-order chi connectivity index (χ0) is 33.9. The largest absolute Gasteiger partial charge is 0.494 e. The summed E-state index contributed by atoms with van der Waals surface area (Å²) >= 11 is 5.39. The maximum Gasteiger partial charge on any atom is 0.229 e. The van der Waals surface area contributed by atoms with Crippen LogP contribution in [0.4, 0.5) is 34.5 Å². The zero-order valence-electron chi connectivity index (χ0n) is 29.0. The topological polar surface area (TPSA) is 97.8 Å². The molecule has 2 saturated heterocycles. The number of hydrogen-bond donors (Lipinski definition) is 2. The van der Waals surface area contributed by atoms with Crippen molar-refractivity contribution >= 4 is 73.4 Å². The Labute approximate surface area is 302 Å². The molecule has 2 aliphatic heterocycles. The first kappa shape index (κ1) is 34.1. The number of piperazine rings is 1. The summed E-state index contributed by atoms with van der Waals surface area (Å²) in [5.41, 5.74) is 7.06. The number of likely N-dealkylation sites (N-methyl/N-ethyl adjacent to an activating group) is 1. The van der Waals surface area contributed by atoms with Gasteiger partial charge in [0, 0.05) is 88.5 Å². The number of nitrogens with one attached hydrogen (secondary N) is 2. The van der Waals surface area contributed by atoms with E-state index in [4.69, 9.17) is 9.72 Å². The average Bonchev–Trinajstić information content (AvgIpc) is 3.94. The summed E-state index contributed by atoms with van der Waals surface area (Å²) in [6.07, 6.45) is 11.3. The minimum atomic E-state index is 0.487. The van der Waals surface area contributed by atoms with Gasteiger partial charge in [-0.15, -0.1) is 0 Å². The van der Waals surface area contributed by atoms with E-state index < -0.39 is 0 Å². The van der Waals surface area contributed by atoms with E-state index in [9.17, 15) is 0 Å². The molecule has 11 nitrogen and oxygen atoms in total. The minimum Gasteiger partial charge on any atom is -0.494 e. The highest BCUT2D eigenvalue weighted by atomic mass is 79.9. The third-order valence-corrected chi connectivity index (χ3v) is 11.4. The molecular weight excluding hydrogens is 700 g/mol. The van der Waals surface area contributed by atoms with E-state index >= 15 is 0 Å². The van der Waals surface area contributed by atoms with Gasteiger partial charge < -0.3 is 29.5 Å². The first-order valence-corrected chi connectivity index (χ1v) is 19.2. The number of piperidine rings is 1. The third-order valence-electron chi connectivity index (χ3n) is 9.96. The molecule has 0 atom stereocenters. The Kier molecular flexibility index (Phi) is 10.6. The summed E-state index contributed by atoms with van der Waals surface area (Å²) in [4.78, 5) is 26.5. The number of anilines is 6. The van der Waals surface area contributed by atoms with Gasteiger partial charge in [-0.05, 0) is 84.8 Å². The fourth-order valence-corrected chi connectivity index (χ4v) is 8.08. The number of halogens is 1. The Morgan fingerprint density at radius 3 is 2.47 bits per heavy atom. The van der Waals surface area contributed by atoms with Gasteiger partial charge >= 0.3 is 0 Å². The maximum absolute atomic E-state index is 6.00. The normalized spacial score (nSPS) is 17.8. The lowest BCUT2D eigenvalue weighted by Gasteiger charge is -2.43. The molecule has 0 bridgehead atoms. The molecule has 0 radical (unpaired) electrons. The van der Waals surface area contributed by atoms with Crippen LogP contribution in [0.25, 0.3) is 11.0 Å². The van der Waals surface area contributed by atoms with Crippen molar-refractivity contribution in [2.45, 2.75) is 45.1 Å². The third kappa shape index (κ3) is 7.84. The van der Waals surface area contributed by atoms with Gasteiger partial charge in [-0.25, -0.2) is 4.98 Å². The summed E-state index contributed by atoms with van der Waals surface area (Å²) in [6, 6.07) is 9.20. The van der Waals surface area contributed by atoms with Gasteiger partial charge in [-0.1, -0.05) is 18.9 Å². The molecule has 49 heavy (non-hydrogen) atoms. The molecule has 4 heterocycles. The van der Waals surface area contributed by atoms with Crippen molar-refractivity contribution in [2.24, 2.45) is 5.92 Å². The minimum absolute atomic E-state index is 0.487. The molecule has 0 spiro atoms. The molecule has 7 rings (SSSR count). The molecule has 13 heteroatoms. The lowest BCUT2D eigenvalue weighted by atomic mass is 9.98. The van der Waals surface area contributed by atoms with Crippen molar-refractivity contribution in [2.75, 3.05) is 86.1 Å². The number of benzene rings is 2. The van der Waals surface area contributed by atoms with Crippen LogP contribution in [0.1, 0.15) is 38.2 Å². The predicted molar refractivity (Wildman–Crippen MR) is 206 cm³/mol. The standard InChI is InChI=1S/C36H47BrN10OS/c1-5-49-45(3)34-29(9-8-28-33(34)39-13-12-38-28)41-35-27(37)23-40-36(43-35)42-30-21-25(20-24-6-7-24)31(22-32(30)48-4)47-14-10-26(11-15-47)46-18-16-44(2)17-19-46/h8-9,12-13,21-24,26H,5-7,10-11,14-20H2,1-4H3,(H2,40,41,42,43). The summed E-state index contributed by atoms with van der Waals surface area (Å²) in [5.74, 6) is 3.61. The quantitative estimate of drug-likeness (QED) is 0.147. The average molecular weight is 748 g/mol.